The Morgan fingerprint density at radius 2 is 1.82 bits per heavy atom. The van der Waals surface area contributed by atoms with Gasteiger partial charge in [-0.25, -0.2) is 18.0 Å². The van der Waals surface area contributed by atoms with E-state index in [0.717, 1.165) is 23.1 Å². The lowest BCUT2D eigenvalue weighted by Crippen LogP contribution is -2.41. The Morgan fingerprint density at radius 3 is 2.41 bits per heavy atom. The van der Waals surface area contributed by atoms with Crippen molar-refractivity contribution in [3.63, 3.8) is 0 Å². The molecular weight excluding hydrogens is 533 g/mol. The summed E-state index contributed by atoms with van der Waals surface area (Å²) in [7, 11) is 0. The van der Waals surface area contributed by atoms with Crippen molar-refractivity contribution in [1.29, 1.82) is 0 Å². The van der Waals surface area contributed by atoms with Crippen molar-refractivity contribution in [3.8, 4) is 0 Å². The first-order valence-electron chi connectivity index (χ1n) is 12.4. The molecule has 1 aliphatic heterocycles. The molecule has 0 bridgehead atoms. The fraction of sp³-hybridized carbons (Fsp3) is 0.444. The second-order valence-corrected chi connectivity index (χ2v) is 10.5. The molecule has 2 aromatic carbocycles. The molecule has 3 rings (SSSR count). The Hall–Kier alpha value is -3.25. The largest absolute Gasteiger partial charge is 0.464 e. The molecule has 214 valence electrons. The van der Waals surface area contributed by atoms with Gasteiger partial charge < -0.3 is 26.0 Å². The number of benzene rings is 2. The fourth-order valence-electron chi connectivity index (χ4n) is 3.63. The Morgan fingerprint density at radius 1 is 1.15 bits per heavy atom. The van der Waals surface area contributed by atoms with Crippen LogP contribution < -0.4 is 16.4 Å². The van der Waals surface area contributed by atoms with Crippen LogP contribution in [0.2, 0.25) is 0 Å². The maximum absolute atomic E-state index is 13.5. The maximum atomic E-state index is 13.5. The van der Waals surface area contributed by atoms with Gasteiger partial charge in [0.25, 0.3) is 0 Å². The minimum absolute atomic E-state index is 0.00421. The summed E-state index contributed by atoms with van der Waals surface area (Å²) in [6, 6.07) is 8.18. The second kappa shape index (κ2) is 15.4. The number of halogens is 3. The van der Waals surface area contributed by atoms with Crippen LogP contribution in [-0.4, -0.2) is 59.5 Å². The van der Waals surface area contributed by atoms with Gasteiger partial charge in [-0.1, -0.05) is 12.1 Å². The quantitative estimate of drug-likeness (QED) is 0.216. The van der Waals surface area contributed by atoms with E-state index in [1.54, 1.807) is 37.4 Å². The highest BCUT2D eigenvalue weighted by molar-refractivity contribution is 7.99. The van der Waals surface area contributed by atoms with Gasteiger partial charge in [0.1, 0.15) is 11.4 Å². The van der Waals surface area contributed by atoms with Crippen molar-refractivity contribution in [2.45, 2.75) is 51.7 Å². The number of carbonyl (C=O) groups excluding carboxylic acids is 3. The van der Waals surface area contributed by atoms with Gasteiger partial charge in [-0.2, -0.15) is 0 Å². The number of nitrogens with zero attached hydrogens (tertiary/aromatic N) is 1. The molecule has 0 aromatic heterocycles. The molecule has 1 atom stereocenters. The Balaban J connectivity index is 0.000000274. The normalized spacial score (nSPS) is 13.7. The number of anilines is 1. The average molecular weight is 569 g/mol. The number of nitrogens with two attached hydrogens (primary N) is 1. The zero-order valence-corrected chi connectivity index (χ0v) is 23.1. The molecule has 1 heterocycles. The minimum atomic E-state index is -1.23. The van der Waals surface area contributed by atoms with E-state index in [-0.39, 0.29) is 30.3 Å². The molecule has 0 saturated carbocycles. The van der Waals surface area contributed by atoms with Crippen LogP contribution in [0.5, 0.6) is 0 Å². The lowest BCUT2D eigenvalue weighted by molar-refractivity contribution is -0.147. The van der Waals surface area contributed by atoms with Crippen molar-refractivity contribution < 1.29 is 32.3 Å². The first kappa shape index (κ1) is 32.0. The highest BCUT2D eigenvalue weighted by atomic mass is 32.2. The van der Waals surface area contributed by atoms with E-state index < -0.39 is 29.0 Å². The lowest BCUT2D eigenvalue weighted by Gasteiger charge is -2.25. The van der Waals surface area contributed by atoms with Gasteiger partial charge in [-0.15, -0.1) is 11.8 Å². The van der Waals surface area contributed by atoms with E-state index in [9.17, 15) is 27.6 Å². The molecule has 1 fully saturated rings. The number of esters is 1. The number of rotatable bonds is 11. The zero-order chi connectivity index (χ0) is 29.0. The molecule has 0 spiro atoms. The summed E-state index contributed by atoms with van der Waals surface area (Å²) in [5.41, 5.74) is 6.82. The van der Waals surface area contributed by atoms with E-state index in [1.807, 2.05) is 24.3 Å². The molecule has 39 heavy (non-hydrogen) atoms. The maximum Gasteiger partial charge on any atom is 0.331 e. The molecule has 1 saturated heterocycles. The smallest absolute Gasteiger partial charge is 0.331 e. The highest BCUT2D eigenvalue weighted by Gasteiger charge is 2.28. The summed E-state index contributed by atoms with van der Waals surface area (Å²) < 4.78 is 44.3. The topological polar surface area (TPSA) is 114 Å². The average Bonchev–Trinajstić information content (AvgIpc) is 3.43. The van der Waals surface area contributed by atoms with Gasteiger partial charge in [0.15, 0.2) is 11.6 Å². The number of carbonyl (C=O) groups is 3. The van der Waals surface area contributed by atoms with Crippen molar-refractivity contribution in [2.75, 3.05) is 30.1 Å². The summed E-state index contributed by atoms with van der Waals surface area (Å²) in [6.45, 7) is 6.86. The third-order valence-corrected chi connectivity index (χ3v) is 6.67. The van der Waals surface area contributed by atoms with Crippen molar-refractivity contribution in [1.82, 2.24) is 10.2 Å². The first-order valence-corrected chi connectivity index (χ1v) is 13.6. The Bertz CT molecular complexity index is 1110. The number of nitrogens with one attached hydrogen (secondary N) is 2. The Kier molecular flexibility index (Phi) is 12.6. The fourth-order valence-corrected chi connectivity index (χ4v) is 4.60. The lowest BCUT2D eigenvalue weighted by atomic mass is 10.0. The molecular formula is C27H35F3N4O4S. The van der Waals surface area contributed by atoms with Crippen LogP contribution in [0, 0.1) is 17.5 Å². The first-order chi connectivity index (χ1) is 18.5. The summed E-state index contributed by atoms with van der Waals surface area (Å²) in [6.07, 6.45) is 0.727. The predicted octanol–water partition coefficient (Wildman–Crippen LogP) is 3.58. The third-order valence-electron chi connectivity index (χ3n) is 5.70. The van der Waals surface area contributed by atoms with Gasteiger partial charge in [0, 0.05) is 43.1 Å². The second-order valence-electron chi connectivity index (χ2n) is 9.39. The van der Waals surface area contributed by atoms with Crippen LogP contribution >= 0.6 is 11.8 Å². The molecule has 0 radical (unpaired) electrons. The van der Waals surface area contributed by atoms with Crippen LogP contribution in [0.25, 0.3) is 0 Å². The summed E-state index contributed by atoms with van der Waals surface area (Å²) >= 11 is 1.66. The van der Waals surface area contributed by atoms with Crippen LogP contribution in [-0.2, 0) is 32.1 Å². The number of hydrogen-bond acceptors (Lipinski definition) is 7. The number of hydrogen-bond donors (Lipinski definition) is 3. The minimum Gasteiger partial charge on any atom is -0.464 e. The van der Waals surface area contributed by atoms with E-state index in [4.69, 9.17) is 10.5 Å². The zero-order valence-electron chi connectivity index (χ0n) is 22.3. The van der Waals surface area contributed by atoms with Crippen molar-refractivity contribution >= 4 is 35.7 Å². The summed E-state index contributed by atoms with van der Waals surface area (Å²) in [5, 5.41) is 5.71. The SMILES string of the molecule is CCOC(=O)C(C)(C)Nc1ccc(CNC=O)cc1.NC(CC(=O)N1CCSC1)Cc1cc(F)c(F)cc1F. The van der Waals surface area contributed by atoms with Gasteiger partial charge in [0.05, 0.1) is 12.5 Å². The Labute approximate surface area is 230 Å². The predicted molar refractivity (Wildman–Crippen MR) is 145 cm³/mol. The molecule has 0 aliphatic carbocycles. The monoisotopic (exact) mass is 568 g/mol. The van der Waals surface area contributed by atoms with Crippen LogP contribution in [0.3, 0.4) is 0 Å². The molecule has 12 heteroatoms. The molecule has 4 N–H and O–H groups in total. The van der Waals surface area contributed by atoms with Gasteiger partial charge in [-0.3, -0.25) is 9.59 Å². The van der Waals surface area contributed by atoms with Gasteiger partial charge in [-0.05, 0) is 56.5 Å². The molecule has 2 aromatic rings. The van der Waals surface area contributed by atoms with Crippen molar-refractivity contribution in [2.24, 2.45) is 5.73 Å². The van der Waals surface area contributed by atoms with Crippen molar-refractivity contribution in [3.05, 3.63) is 65.0 Å². The molecule has 2 amide bonds. The van der Waals surface area contributed by atoms with Gasteiger partial charge in [0.2, 0.25) is 12.3 Å². The summed E-state index contributed by atoms with van der Waals surface area (Å²) in [5.74, 6) is -2.03. The molecule has 1 aliphatic rings. The summed E-state index contributed by atoms with van der Waals surface area (Å²) in [4.78, 5) is 35.5. The van der Waals surface area contributed by atoms with E-state index >= 15 is 0 Å². The van der Waals surface area contributed by atoms with Gasteiger partial charge >= 0.3 is 5.97 Å². The van der Waals surface area contributed by atoms with E-state index in [2.05, 4.69) is 10.6 Å². The third kappa shape index (κ3) is 10.4. The number of ether oxygens (including phenoxy) is 1. The van der Waals surface area contributed by atoms with Crippen LogP contribution in [0.4, 0.5) is 18.9 Å². The number of amides is 2. The van der Waals surface area contributed by atoms with E-state index in [1.165, 1.54) is 0 Å². The number of thioether (sulfide) groups is 1. The van der Waals surface area contributed by atoms with Crippen LogP contribution in [0.15, 0.2) is 36.4 Å². The van der Waals surface area contributed by atoms with E-state index in [0.29, 0.717) is 38.0 Å². The van der Waals surface area contributed by atoms with Crippen LogP contribution in [0.1, 0.15) is 38.3 Å². The standard InChI is InChI=1S/C14H20N2O3.C13H15F3N2OS/c1-4-19-13(18)14(2,3)16-12-7-5-11(6-8-12)9-15-10-17;14-10-6-12(16)11(15)4-8(10)3-9(17)5-13(19)18-1-2-20-7-18/h5-8,10,16H,4,9H2,1-3H3,(H,15,17);4,6,9H,1-3,5,7,17H2. The highest BCUT2D eigenvalue weighted by Crippen LogP contribution is 2.19. The molecule has 8 nitrogen and oxygen atoms in total. The molecule has 1 unspecified atom stereocenters.